The van der Waals surface area contributed by atoms with Crippen molar-refractivity contribution in [3.63, 3.8) is 0 Å². The first-order chi connectivity index (χ1) is 10.0. The Labute approximate surface area is 127 Å². The standard InChI is InChI=1S/C16H25NO3S/c1-2-21(19,20)15-8-6-14(7-9-15)17-12-16(13-18)10-4-3-5-11-16/h6-9,17-18H,2-5,10-13H2,1H3. The summed E-state index contributed by atoms with van der Waals surface area (Å²) in [5.41, 5.74) is 0.885. The van der Waals surface area contributed by atoms with Crippen LogP contribution in [-0.2, 0) is 9.84 Å². The first-order valence-corrected chi connectivity index (χ1v) is 9.34. The average Bonchev–Trinajstić information content (AvgIpc) is 2.54. The summed E-state index contributed by atoms with van der Waals surface area (Å²) in [4.78, 5) is 0.366. The fourth-order valence-electron chi connectivity index (χ4n) is 2.93. The molecular formula is C16H25NO3S. The van der Waals surface area contributed by atoms with E-state index in [9.17, 15) is 13.5 Å². The zero-order chi connectivity index (χ0) is 15.3. The lowest BCUT2D eigenvalue weighted by molar-refractivity contribution is 0.0944. The van der Waals surface area contributed by atoms with E-state index < -0.39 is 9.84 Å². The highest BCUT2D eigenvalue weighted by atomic mass is 32.2. The Morgan fingerprint density at radius 2 is 1.76 bits per heavy atom. The van der Waals surface area contributed by atoms with Crippen LogP contribution < -0.4 is 5.32 Å². The third-order valence-electron chi connectivity index (χ3n) is 4.51. The van der Waals surface area contributed by atoms with Gasteiger partial charge in [0.2, 0.25) is 0 Å². The summed E-state index contributed by atoms with van der Waals surface area (Å²) in [6, 6.07) is 6.90. The Hall–Kier alpha value is -1.07. The first kappa shape index (κ1) is 16.3. The summed E-state index contributed by atoms with van der Waals surface area (Å²) < 4.78 is 23.5. The molecule has 1 aromatic rings. The minimum atomic E-state index is -3.13. The molecule has 1 aromatic carbocycles. The van der Waals surface area contributed by atoms with Gasteiger partial charge in [0.05, 0.1) is 17.3 Å². The highest BCUT2D eigenvalue weighted by Gasteiger charge is 2.31. The van der Waals surface area contributed by atoms with Crippen molar-refractivity contribution in [1.82, 2.24) is 0 Å². The van der Waals surface area contributed by atoms with Crippen LogP contribution in [0.25, 0.3) is 0 Å². The molecule has 2 rings (SSSR count). The van der Waals surface area contributed by atoms with Crippen LogP contribution >= 0.6 is 0 Å². The summed E-state index contributed by atoms with van der Waals surface area (Å²) in [5.74, 6) is 0.118. The van der Waals surface area contributed by atoms with Crippen LogP contribution in [0.2, 0.25) is 0 Å². The van der Waals surface area contributed by atoms with Crippen molar-refractivity contribution >= 4 is 15.5 Å². The van der Waals surface area contributed by atoms with E-state index in [4.69, 9.17) is 0 Å². The van der Waals surface area contributed by atoms with Gasteiger partial charge in [0.15, 0.2) is 9.84 Å². The lowest BCUT2D eigenvalue weighted by Gasteiger charge is -2.36. The van der Waals surface area contributed by atoms with E-state index in [0.717, 1.165) is 25.1 Å². The number of hydrogen-bond donors (Lipinski definition) is 2. The lowest BCUT2D eigenvalue weighted by atomic mass is 9.74. The van der Waals surface area contributed by atoms with Gasteiger partial charge in [-0.05, 0) is 37.1 Å². The van der Waals surface area contributed by atoms with Gasteiger partial charge in [0.1, 0.15) is 0 Å². The van der Waals surface area contributed by atoms with Gasteiger partial charge in [-0.2, -0.15) is 0 Å². The van der Waals surface area contributed by atoms with Gasteiger partial charge in [-0.1, -0.05) is 26.2 Å². The smallest absolute Gasteiger partial charge is 0.178 e. The molecule has 0 heterocycles. The highest BCUT2D eigenvalue weighted by Crippen LogP contribution is 2.36. The zero-order valence-electron chi connectivity index (χ0n) is 12.6. The molecule has 21 heavy (non-hydrogen) atoms. The van der Waals surface area contributed by atoms with E-state index in [0.29, 0.717) is 4.90 Å². The molecule has 118 valence electrons. The molecule has 0 radical (unpaired) electrons. The van der Waals surface area contributed by atoms with Gasteiger partial charge in [-0.25, -0.2) is 8.42 Å². The third kappa shape index (κ3) is 3.98. The van der Waals surface area contributed by atoms with E-state index >= 15 is 0 Å². The molecule has 0 aromatic heterocycles. The average molecular weight is 311 g/mol. The third-order valence-corrected chi connectivity index (χ3v) is 6.26. The van der Waals surface area contributed by atoms with Gasteiger partial charge in [0, 0.05) is 17.6 Å². The van der Waals surface area contributed by atoms with Crippen LogP contribution in [0.5, 0.6) is 0 Å². The first-order valence-electron chi connectivity index (χ1n) is 7.69. The molecule has 1 saturated carbocycles. The van der Waals surface area contributed by atoms with Crippen LogP contribution in [0.4, 0.5) is 5.69 Å². The van der Waals surface area contributed by atoms with Gasteiger partial charge < -0.3 is 10.4 Å². The molecule has 0 atom stereocenters. The summed E-state index contributed by atoms with van der Waals surface area (Å²) in [7, 11) is -3.13. The molecule has 0 saturated heterocycles. The van der Waals surface area contributed by atoms with Gasteiger partial charge in [0.25, 0.3) is 0 Å². The topological polar surface area (TPSA) is 66.4 Å². The fourth-order valence-corrected chi connectivity index (χ4v) is 3.81. The van der Waals surface area contributed by atoms with E-state index in [1.807, 2.05) is 0 Å². The zero-order valence-corrected chi connectivity index (χ0v) is 13.5. The van der Waals surface area contributed by atoms with E-state index in [2.05, 4.69) is 5.32 Å². The molecular weight excluding hydrogens is 286 g/mol. The highest BCUT2D eigenvalue weighted by molar-refractivity contribution is 7.91. The van der Waals surface area contributed by atoms with Crippen molar-refractivity contribution in [1.29, 1.82) is 0 Å². The predicted octanol–water partition coefficient (Wildman–Crippen LogP) is 2.83. The van der Waals surface area contributed by atoms with Crippen molar-refractivity contribution < 1.29 is 13.5 Å². The van der Waals surface area contributed by atoms with Gasteiger partial charge in [-0.15, -0.1) is 0 Å². The number of sulfone groups is 1. The second kappa shape index (κ2) is 6.79. The van der Waals surface area contributed by atoms with Gasteiger partial charge in [-0.3, -0.25) is 0 Å². The number of aliphatic hydroxyl groups is 1. The fraction of sp³-hybridized carbons (Fsp3) is 0.625. The van der Waals surface area contributed by atoms with Crippen LogP contribution in [0, 0.1) is 5.41 Å². The summed E-state index contributed by atoms with van der Waals surface area (Å²) in [6.07, 6.45) is 5.72. The summed E-state index contributed by atoms with van der Waals surface area (Å²) >= 11 is 0. The molecule has 1 aliphatic rings. The maximum absolute atomic E-state index is 11.8. The molecule has 4 nitrogen and oxygen atoms in total. The summed E-state index contributed by atoms with van der Waals surface area (Å²) in [5, 5.41) is 13.0. The Balaban J connectivity index is 2.00. The minimum Gasteiger partial charge on any atom is -0.396 e. The van der Waals surface area contributed by atoms with Crippen molar-refractivity contribution in [2.75, 3.05) is 24.2 Å². The van der Waals surface area contributed by atoms with E-state index in [-0.39, 0.29) is 17.8 Å². The normalized spacial score (nSPS) is 18.4. The van der Waals surface area contributed by atoms with Gasteiger partial charge >= 0.3 is 0 Å². The number of nitrogens with one attached hydrogen (secondary N) is 1. The van der Waals surface area contributed by atoms with Crippen LogP contribution in [0.15, 0.2) is 29.2 Å². The number of benzene rings is 1. The minimum absolute atomic E-state index is 0.0214. The molecule has 2 N–H and O–H groups in total. The maximum Gasteiger partial charge on any atom is 0.178 e. The Bertz CT molecular complexity index is 545. The van der Waals surface area contributed by atoms with Crippen molar-refractivity contribution in [2.24, 2.45) is 5.41 Å². The lowest BCUT2D eigenvalue weighted by Crippen LogP contribution is -2.35. The molecule has 1 aliphatic carbocycles. The molecule has 5 heteroatoms. The van der Waals surface area contributed by atoms with Crippen molar-refractivity contribution in [2.45, 2.75) is 43.9 Å². The van der Waals surface area contributed by atoms with Crippen molar-refractivity contribution in [3.05, 3.63) is 24.3 Å². The Morgan fingerprint density at radius 1 is 1.14 bits per heavy atom. The monoisotopic (exact) mass is 311 g/mol. The van der Waals surface area contributed by atoms with Crippen LogP contribution in [-0.4, -0.2) is 32.4 Å². The second-order valence-electron chi connectivity index (χ2n) is 6.00. The van der Waals surface area contributed by atoms with Crippen LogP contribution in [0.3, 0.4) is 0 Å². The molecule has 0 spiro atoms. The molecule has 0 amide bonds. The second-order valence-corrected chi connectivity index (χ2v) is 8.28. The van der Waals surface area contributed by atoms with E-state index in [1.54, 1.807) is 31.2 Å². The SMILES string of the molecule is CCS(=O)(=O)c1ccc(NCC2(CO)CCCCC2)cc1. The molecule has 0 unspecified atom stereocenters. The molecule has 1 fully saturated rings. The predicted molar refractivity (Wildman–Crippen MR) is 85.3 cm³/mol. The Morgan fingerprint density at radius 3 is 2.29 bits per heavy atom. The number of rotatable bonds is 6. The quantitative estimate of drug-likeness (QED) is 0.848. The van der Waals surface area contributed by atoms with Crippen molar-refractivity contribution in [3.8, 4) is 0 Å². The Kier molecular flexibility index (Phi) is 5.27. The molecule has 0 bridgehead atoms. The molecule has 0 aliphatic heterocycles. The number of hydrogen-bond acceptors (Lipinski definition) is 4. The van der Waals surface area contributed by atoms with Crippen LogP contribution in [0.1, 0.15) is 39.0 Å². The largest absolute Gasteiger partial charge is 0.396 e. The number of anilines is 1. The van der Waals surface area contributed by atoms with E-state index in [1.165, 1.54) is 19.3 Å². The maximum atomic E-state index is 11.8. The number of aliphatic hydroxyl groups excluding tert-OH is 1. The summed E-state index contributed by atoms with van der Waals surface area (Å²) in [6.45, 7) is 2.60.